The maximum absolute atomic E-state index is 12.5. The lowest BCUT2D eigenvalue weighted by Crippen LogP contribution is -2.56. The lowest BCUT2D eigenvalue weighted by atomic mass is 9.96. The summed E-state index contributed by atoms with van der Waals surface area (Å²) in [5.74, 6) is 1.30. The molecule has 2 aliphatic heterocycles. The minimum absolute atomic E-state index is 0.0612. The number of hydrogen-bond acceptors (Lipinski definition) is 4. The molecule has 0 N–H and O–H groups in total. The van der Waals surface area contributed by atoms with Crippen LogP contribution in [0.25, 0.3) is 0 Å². The number of rotatable bonds is 6. The van der Waals surface area contributed by atoms with Crippen LogP contribution in [-0.4, -0.2) is 54.6 Å². The first-order chi connectivity index (χ1) is 11.6. The van der Waals surface area contributed by atoms with Crippen molar-refractivity contribution in [2.45, 2.75) is 26.7 Å². The smallest absolute Gasteiger partial charge is 0.254 e. The SMILES string of the molecule is CCCCN(CC)C(=O)C1CN(C(=O)c2ccc3c(c2)OCO3)C1. The first kappa shape index (κ1) is 16.6. The number of carbonyl (C=O) groups is 2. The zero-order valence-electron chi connectivity index (χ0n) is 14.3. The molecule has 0 bridgehead atoms. The summed E-state index contributed by atoms with van der Waals surface area (Å²) in [5.41, 5.74) is 0.573. The quantitative estimate of drug-likeness (QED) is 0.801. The number of benzene rings is 1. The number of amides is 2. The standard InChI is InChI=1S/C18H24N2O4/c1-3-5-8-19(4-2)18(22)14-10-20(11-14)17(21)13-6-7-15-16(9-13)24-12-23-15/h6-7,9,14H,3-5,8,10-12H2,1-2H3. The Kier molecular flexibility index (Phi) is 4.92. The van der Waals surface area contributed by atoms with E-state index >= 15 is 0 Å². The van der Waals surface area contributed by atoms with E-state index < -0.39 is 0 Å². The first-order valence-electron chi connectivity index (χ1n) is 8.61. The zero-order chi connectivity index (χ0) is 17.1. The molecule has 0 aromatic heterocycles. The Labute approximate surface area is 142 Å². The second-order valence-corrected chi connectivity index (χ2v) is 6.25. The van der Waals surface area contributed by atoms with Crippen LogP contribution in [0.5, 0.6) is 11.5 Å². The van der Waals surface area contributed by atoms with Crippen LogP contribution in [0.15, 0.2) is 18.2 Å². The Morgan fingerprint density at radius 1 is 1.21 bits per heavy atom. The van der Waals surface area contributed by atoms with Gasteiger partial charge in [-0.05, 0) is 31.5 Å². The molecule has 2 aliphatic rings. The van der Waals surface area contributed by atoms with Crippen molar-refractivity contribution in [1.82, 2.24) is 9.80 Å². The van der Waals surface area contributed by atoms with Gasteiger partial charge in [0.05, 0.1) is 5.92 Å². The average Bonchev–Trinajstić information content (AvgIpc) is 3.01. The normalized spacial score (nSPS) is 16.0. The van der Waals surface area contributed by atoms with Crippen molar-refractivity contribution in [2.24, 2.45) is 5.92 Å². The molecule has 3 rings (SSSR count). The summed E-state index contributed by atoms with van der Waals surface area (Å²) in [6.45, 7) is 6.83. The Morgan fingerprint density at radius 3 is 2.67 bits per heavy atom. The molecular formula is C18H24N2O4. The van der Waals surface area contributed by atoms with E-state index in [1.807, 2.05) is 11.8 Å². The highest BCUT2D eigenvalue weighted by Crippen LogP contribution is 2.33. The van der Waals surface area contributed by atoms with Gasteiger partial charge in [-0.15, -0.1) is 0 Å². The number of likely N-dealkylation sites (tertiary alicyclic amines) is 1. The van der Waals surface area contributed by atoms with Crippen LogP contribution in [0.3, 0.4) is 0 Å². The first-order valence-corrected chi connectivity index (χ1v) is 8.61. The number of fused-ring (bicyclic) bond motifs is 1. The highest BCUT2D eigenvalue weighted by atomic mass is 16.7. The Hall–Kier alpha value is -2.24. The predicted molar refractivity (Wildman–Crippen MR) is 89.1 cm³/mol. The van der Waals surface area contributed by atoms with E-state index in [9.17, 15) is 9.59 Å². The molecule has 6 heteroatoms. The molecule has 0 spiro atoms. The van der Waals surface area contributed by atoms with E-state index in [1.54, 1.807) is 23.1 Å². The van der Waals surface area contributed by atoms with Crippen molar-refractivity contribution in [3.63, 3.8) is 0 Å². The lowest BCUT2D eigenvalue weighted by Gasteiger charge is -2.40. The molecule has 0 aliphatic carbocycles. The van der Waals surface area contributed by atoms with E-state index in [1.165, 1.54) is 0 Å². The Morgan fingerprint density at radius 2 is 1.96 bits per heavy atom. The van der Waals surface area contributed by atoms with E-state index in [-0.39, 0.29) is 24.5 Å². The zero-order valence-corrected chi connectivity index (χ0v) is 14.3. The monoisotopic (exact) mass is 332 g/mol. The highest BCUT2D eigenvalue weighted by molar-refractivity contribution is 5.96. The summed E-state index contributed by atoms with van der Waals surface area (Å²) in [7, 11) is 0. The molecular weight excluding hydrogens is 308 g/mol. The third kappa shape index (κ3) is 3.18. The van der Waals surface area contributed by atoms with Crippen LogP contribution in [0.1, 0.15) is 37.0 Å². The van der Waals surface area contributed by atoms with E-state index in [2.05, 4.69) is 6.92 Å². The fraction of sp³-hybridized carbons (Fsp3) is 0.556. The molecule has 1 aromatic carbocycles. The van der Waals surface area contributed by atoms with Gasteiger partial charge in [0.1, 0.15) is 0 Å². The number of ether oxygens (including phenoxy) is 2. The van der Waals surface area contributed by atoms with Crippen molar-refractivity contribution in [2.75, 3.05) is 33.0 Å². The molecule has 0 saturated carbocycles. The molecule has 0 atom stereocenters. The van der Waals surface area contributed by atoms with Gasteiger partial charge in [-0.1, -0.05) is 13.3 Å². The fourth-order valence-electron chi connectivity index (χ4n) is 3.04. The summed E-state index contributed by atoms with van der Waals surface area (Å²) >= 11 is 0. The van der Waals surface area contributed by atoms with Gasteiger partial charge in [-0.2, -0.15) is 0 Å². The van der Waals surface area contributed by atoms with E-state index in [4.69, 9.17) is 9.47 Å². The lowest BCUT2D eigenvalue weighted by molar-refractivity contribution is -0.139. The van der Waals surface area contributed by atoms with Crippen molar-refractivity contribution >= 4 is 11.8 Å². The van der Waals surface area contributed by atoms with Gasteiger partial charge in [-0.3, -0.25) is 9.59 Å². The average molecular weight is 332 g/mol. The molecule has 0 unspecified atom stereocenters. The van der Waals surface area contributed by atoms with E-state index in [0.717, 1.165) is 25.9 Å². The molecule has 6 nitrogen and oxygen atoms in total. The molecule has 24 heavy (non-hydrogen) atoms. The van der Waals surface area contributed by atoms with Gasteiger partial charge in [-0.25, -0.2) is 0 Å². The summed E-state index contributed by atoms with van der Waals surface area (Å²) in [6.07, 6.45) is 2.09. The maximum atomic E-state index is 12.5. The van der Waals surface area contributed by atoms with Crippen LogP contribution < -0.4 is 9.47 Å². The summed E-state index contributed by atoms with van der Waals surface area (Å²) in [4.78, 5) is 28.6. The summed E-state index contributed by atoms with van der Waals surface area (Å²) in [6, 6.07) is 5.20. The molecule has 1 saturated heterocycles. The minimum atomic E-state index is -0.0697. The van der Waals surface area contributed by atoms with Gasteiger partial charge in [0.25, 0.3) is 5.91 Å². The molecule has 130 valence electrons. The third-order valence-corrected chi connectivity index (χ3v) is 4.61. The molecule has 1 aromatic rings. The van der Waals surface area contributed by atoms with Crippen molar-refractivity contribution in [1.29, 1.82) is 0 Å². The summed E-state index contributed by atoms with van der Waals surface area (Å²) < 4.78 is 10.6. The van der Waals surface area contributed by atoms with Gasteiger partial charge in [0, 0.05) is 31.7 Å². The molecule has 2 amide bonds. The highest BCUT2D eigenvalue weighted by Gasteiger charge is 2.38. The fourth-order valence-corrected chi connectivity index (χ4v) is 3.04. The van der Waals surface area contributed by atoms with Crippen LogP contribution in [-0.2, 0) is 4.79 Å². The number of carbonyl (C=O) groups excluding carboxylic acids is 2. The van der Waals surface area contributed by atoms with Crippen molar-refractivity contribution in [3.8, 4) is 11.5 Å². The topological polar surface area (TPSA) is 59.1 Å². The van der Waals surface area contributed by atoms with Crippen LogP contribution in [0, 0.1) is 5.92 Å². The molecule has 0 radical (unpaired) electrons. The second-order valence-electron chi connectivity index (χ2n) is 6.25. The Bertz CT molecular complexity index is 625. The molecule has 1 fully saturated rings. The van der Waals surface area contributed by atoms with Gasteiger partial charge in [0.15, 0.2) is 11.5 Å². The largest absolute Gasteiger partial charge is 0.454 e. The van der Waals surface area contributed by atoms with Gasteiger partial charge in [0.2, 0.25) is 12.7 Å². The maximum Gasteiger partial charge on any atom is 0.254 e. The van der Waals surface area contributed by atoms with Gasteiger partial charge >= 0.3 is 0 Å². The van der Waals surface area contributed by atoms with Crippen LogP contribution in [0.2, 0.25) is 0 Å². The van der Waals surface area contributed by atoms with Crippen LogP contribution in [0.4, 0.5) is 0 Å². The number of hydrogen-bond donors (Lipinski definition) is 0. The van der Waals surface area contributed by atoms with Crippen LogP contribution >= 0.6 is 0 Å². The predicted octanol–water partition coefficient (Wildman–Crippen LogP) is 2.14. The van der Waals surface area contributed by atoms with E-state index in [0.29, 0.717) is 30.2 Å². The third-order valence-electron chi connectivity index (χ3n) is 4.61. The summed E-state index contributed by atoms with van der Waals surface area (Å²) in [5, 5.41) is 0. The Balaban J connectivity index is 1.56. The minimum Gasteiger partial charge on any atom is -0.454 e. The number of unbranched alkanes of at least 4 members (excludes halogenated alkanes) is 1. The molecule has 2 heterocycles. The van der Waals surface area contributed by atoms with Crippen molar-refractivity contribution < 1.29 is 19.1 Å². The number of nitrogens with zero attached hydrogens (tertiary/aromatic N) is 2. The van der Waals surface area contributed by atoms with Gasteiger partial charge < -0.3 is 19.3 Å². The second kappa shape index (κ2) is 7.11. The van der Waals surface area contributed by atoms with Crippen molar-refractivity contribution in [3.05, 3.63) is 23.8 Å².